The van der Waals surface area contributed by atoms with E-state index in [0.717, 1.165) is 12.1 Å². The molecule has 0 aliphatic heterocycles. The highest BCUT2D eigenvalue weighted by Gasteiger charge is 2.33. The lowest BCUT2D eigenvalue weighted by atomic mass is 10.2. The summed E-state index contributed by atoms with van der Waals surface area (Å²) in [6, 6.07) is 3.92. The fraction of sp³-hybridized carbons (Fsp3) is 0.455. The molecule has 0 bridgehead atoms. The van der Waals surface area contributed by atoms with Gasteiger partial charge in [0.05, 0.1) is 18.3 Å². The van der Waals surface area contributed by atoms with E-state index in [2.05, 4.69) is 17.2 Å². The quantitative estimate of drug-likeness (QED) is 0.764. The van der Waals surface area contributed by atoms with Crippen LogP contribution < -0.4 is 11.1 Å². The fourth-order valence-corrected chi connectivity index (χ4v) is 1.49. The van der Waals surface area contributed by atoms with E-state index in [-0.39, 0.29) is 5.91 Å². The molecule has 1 aliphatic rings. The van der Waals surface area contributed by atoms with Crippen molar-refractivity contribution in [3.63, 3.8) is 0 Å². The lowest BCUT2D eigenvalue weighted by Crippen LogP contribution is -2.28. The number of carbonyl (C=O) groups is 1. The molecule has 80 valence electrons. The maximum atomic E-state index is 11.5. The van der Waals surface area contributed by atoms with Crippen LogP contribution in [0.5, 0.6) is 0 Å². The number of nitrogens with one attached hydrogen (secondary N) is 1. The summed E-state index contributed by atoms with van der Waals surface area (Å²) < 4.78 is 0. The molecule has 0 spiro atoms. The molecule has 1 fully saturated rings. The van der Waals surface area contributed by atoms with E-state index in [4.69, 9.17) is 5.73 Å². The van der Waals surface area contributed by atoms with Gasteiger partial charge in [-0.2, -0.15) is 0 Å². The minimum absolute atomic E-state index is 0.0432. The summed E-state index contributed by atoms with van der Waals surface area (Å²) in [5.41, 5.74) is 6.88. The molecule has 0 aromatic carbocycles. The first-order valence-electron chi connectivity index (χ1n) is 5.15. The van der Waals surface area contributed by atoms with Crippen molar-refractivity contribution in [1.82, 2.24) is 10.3 Å². The molecule has 4 heteroatoms. The van der Waals surface area contributed by atoms with Crippen LogP contribution in [0.15, 0.2) is 18.3 Å². The average Bonchev–Trinajstić information content (AvgIpc) is 2.86. The monoisotopic (exact) mass is 205 g/mol. The van der Waals surface area contributed by atoms with E-state index in [1.54, 1.807) is 18.3 Å². The number of nitrogens with zero attached hydrogens (tertiary/aromatic N) is 1. The van der Waals surface area contributed by atoms with Gasteiger partial charge in [0.25, 0.3) is 0 Å². The average molecular weight is 205 g/mol. The largest absolute Gasteiger partial charge is 0.397 e. The number of nitrogens with two attached hydrogens (primary N) is 1. The maximum absolute atomic E-state index is 11.5. The molecular weight excluding hydrogens is 190 g/mol. The van der Waals surface area contributed by atoms with Crippen molar-refractivity contribution < 1.29 is 4.79 Å². The van der Waals surface area contributed by atoms with Gasteiger partial charge in [0.15, 0.2) is 0 Å². The van der Waals surface area contributed by atoms with Crippen molar-refractivity contribution in [1.29, 1.82) is 0 Å². The number of nitrogen functional groups attached to an aromatic ring is 1. The zero-order valence-electron chi connectivity index (χ0n) is 8.73. The molecule has 0 saturated heterocycles. The molecule has 3 N–H and O–H groups in total. The van der Waals surface area contributed by atoms with Crippen LogP contribution in [0.25, 0.3) is 0 Å². The van der Waals surface area contributed by atoms with Crippen molar-refractivity contribution in [2.45, 2.75) is 25.8 Å². The number of carbonyl (C=O) groups excluding carboxylic acids is 1. The van der Waals surface area contributed by atoms with E-state index in [1.807, 2.05) is 0 Å². The third kappa shape index (κ3) is 2.68. The summed E-state index contributed by atoms with van der Waals surface area (Å²) in [4.78, 5) is 15.6. The van der Waals surface area contributed by atoms with Crippen LogP contribution >= 0.6 is 0 Å². The number of hydrogen-bond acceptors (Lipinski definition) is 3. The second-order valence-electron chi connectivity index (χ2n) is 4.15. The van der Waals surface area contributed by atoms with E-state index >= 15 is 0 Å². The Labute approximate surface area is 88.9 Å². The van der Waals surface area contributed by atoms with Crippen LogP contribution in [0, 0.1) is 5.92 Å². The first-order valence-corrected chi connectivity index (χ1v) is 5.15. The number of hydrogen-bond donors (Lipinski definition) is 2. The van der Waals surface area contributed by atoms with Crippen molar-refractivity contribution in [2.24, 2.45) is 5.92 Å². The smallest absolute Gasteiger partial charge is 0.226 e. The topological polar surface area (TPSA) is 68.0 Å². The molecular formula is C11H15N3O. The molecule has 2 unspecified atom stereocenters. The Morgan fingerprint density at radius 3 is 2.93 bits per heavy atom. The SMILES string of the molecule is CC1CC1NC(=O)Cc1ccc(N)cn1. The van der Waals surface area contributed by atoms with Crippen molar-refractivity contribution in [3.05, 3.63) is 24.0 Å². The van der Waals surface area contributed by atoms with Crippen LogP contribution in [0.1, 0.15) is 19.0 Å². The second-order valence-corrected chi connectivity index (χ2v) is 4.15. The first-order chi connectivity index (χ1) is 7.15. The number of rotatable bonds is 3. The molecule has 1 amide bonds. The Hall–Kier alpha value is -1.58. The molecule has 1 saturated carbocycles. The summed E-state index contributed by atoms with van der Waals surface area (Å²) in [7, 11) is 0. The highest BCUT2D eigenvalue weighted by Crippen LogP contribution is 2.28. The molecule has 1 heterocycles. The number of pyridine rings is 1. The third-order valence-electron chi connectivity index (χ3n) is 2.65. The van der Waals surface area contributed by atoms with Gasteiger partial charge in [-0.05, 0) is 24.5 Å². The van der Waals surface area contributed by atoms with Crippen LogP contribution in [0.2, 0.25) is 0 Å². The Kier molecular flexibility index (Phi) is 2.58. The Bertz CT molecular complexity index is 361. The zero-order valence-corrected chi connectivity index (χ0v) is 8.73. The number of anilines is 1. The molecule has 1 aromatic rings. The van der Waals surface area contributed by atoms with Gasteiger partial charge in [-0.1, -0.05) is 6.92 Å². The van der Waals surface area contributed by atoms with Crippen molar-refractivity contribution in [3.8, 4) is 0 Å². The molecule has 1 aliphatic carbocycles. The Balaban J connectivity index is 1.85. The number of aromatic nitrogens is 1. The van der Waals surface area contributed by atoms with Gasteiger partial charge < -0.3 is 11.1 Å². The minimum atomic E-state index is 0.0432. The van der Waals surface area contributed by atoms with Gasteiger partial charge in [0, 0.05) is 11.7 Å². The Morgan fingerprint density at radius 1 is 1.67 bits per heavy atom. The van der Waals surface area contributed by atoms with Crippen LogP contribution in [0.3, 0.4) is 0 Å². The summed E-state index contributed by atoms with van der Waals surface area (Å²) in [5.74, 6) is 0.676. The standard InChI is InChI=1S/C11H15N3O/c1-7-4-10(7)14-11(15)5-9-3-2-8(12)6-13-9/h2-3,6-7,10H,4-5,12H2,1H3,(H,14,15). The molecule has 0 radical (unpaired) electrons. The summed E-state index contributed by atoms with van der Waals surface area (Å²) in [6.45, 7) is 2.13. The van der Waals surface area contributed by atoms with Crippen LogP contribution in [-0.4, -0.2) is 16.9 Å². The van der Waals surface area contributed by atoms with Crippen LogP contribution in [-0.2, 0) is 11.2 Å². The maximum Gasteiger partial charge on any atom is 0.226 e. The molecule has 4 nitrogen and oxygen atoms in total. The van der Waals surface area contributed by atoms with Crippen molar-refractivity contribution in [2.75, 3.05) is 5.73 Å². The van der Waals surface area contributed by atoms with E-state index in [9.17, 15) is 4.79 Å². The normalized spacial score (nSPS) is 23.5. The van der Waals surface area contributed by atoms with Crippen molar-refractivity contribution >= 4 is 11.6 Å². The zero-order chi connectivity index (χ0) is 10.8. The third-order valence-corrected chi connectivity index (χ3v) is 2.65. The van der Waals surface area contributed by atoms with E-state index in [0.29, 0.717) is 24.1 Å². The van der Waals surface area contributed by atoms with Gasteiger partial charge in [0.2, 0.25) is 5.91 Å². The van der Waals surface area contributed by atoms with E-state index in [1.165, 1.54) is 0 Å². The lowest BCUT2D eigenvalue weighted by Gasteiger charge is -2.03. The Morgan fingerprint density at radius 2 is 2.40 bits per heavy atom. The highest BCUT2D eigenvalue weighted by molar-refractivity contribution is 5.78. The number of amides is 1. The summed E-state index contributed by atoms with van der Waals surface area (Å²) >= 11 is 0. The first kappa shape index (κ1) is 9.96. The molecule has 1 aromatic heterocycles. The molecule has 2 rings (SSSR count). The van der Waals surface area contributed by atoms with Gasteiger partial charge in [-0.25, -0.2) is 0 Å². The molecule has 15 heavy (non-hydrogen) atoms. The van der Waals surface area contributed by atoms with Gasteiger partial charge in [-0.15, -0.1) is 0 Å². The van der Waals surface area contributed by atoms with Gasteiger partial charge in [0.1, 0.15) is 0 Å². The molecule has 2 atom stereocenters. The lowest BCUT2D eigenvalue weighted by molar-refractivity contribution is -0.120. The highest BCUT2D eigenvalue weighted by atomic mass is 16.1. The predicted octanol–water partition coefficient (Wildman–Crippen LogP) is 0.731. The van der Waals surface area contributed by atoms with E-state index < -0.39 is 0 Å². The summed E-state index contributed by atoms with van der Waals surface area (Å²) in [6.07, 6.45) is 3.01. The predicted molar refractivity (Wildman–Crippen MR) is 58.1 cm³/mol. The summed E-state index contributed by atoms with van der Waals surface area (Å²) in [5, 5.41) is 2.96. The van der Waals surface area contributed by atoms with Gasteiger partial charge in [-0.3, -0.25) is 9.78 Å². The second kappa shape index (κ2) is 3.88. The minimum Gasteiger partial charge on any atom is -0.397 e. The fourth-order valence-electron chi connectivity index (χ4n) is 1.49. The van der Waals surface area contributed by atoms with Gasteiger partial charge >= 0.3 is 0 Å². The van der Waals surface area contributed by atoms with Crippen LogP contribution in [0.4, 0.5) is 5.69 Å².